The van der Waals surface area contributed by atoms with Gasteiger partial charge in [-0.25, -0.2) is 8.78 Å². The maximum absolute atomic E-state index is 13.5. The molecule has 1 rings (SSSR count). The molecule has 1 aliphatic heterocycles. The van der Waals surface area contributed by atoms with E-state index in [4.69, 9.17) is 11.5 Å². The van der Waals surface area contributed by atoms with Crippen LogP contribution in [0.15, 0.2) is 0 Å². The first-order valence-electron chi connectivity index (χ1n) is 5.07. The van der Waals surface area contributed by atoms with Gasteiger partial charge in [0, 0.05) is 20.2 Å². The summed E-state index contributed by atoms with van der Waals surface area (Å²) < 4.78 is 31.6. The number of methoxy groups -OCH3 is 1. The van der Waals surface area contributed by atoms with Gasteiger partial charge >= 0.3 is 0 Å². The molecule has 0 radical (unpaired) electrons. The van der Waals surface area contributed by atoms with Gasteiger partial charge in [0.1, 0.15) is 6.10 Å². The highest BCUT2D eigenvalue weighted by Crippen LogP contribution is 2.29. The number of carbonyl (C=O) groups excluding carboxylic acids is 1. The number of hydrogen-bond donors (Lipinski definition) is 2. The van der Waals surface area contributed by atoms with Crippen molar-refractivity contribution in [3.8, 4) is 0 Å². The lowest BCUT2D eigenvalue weighted by Crippen LogP contribution is -2.58. The largest absolute Gasteiger partial charge is 0.375 e. The van der Waals surface area contributed by atoms with Crippen molar-refractivity contribution in [1.82, 2.24) is 4.90 Å². The van der Waals surface area contributed by atoms with Crippen molar-refractivity contribution in [3.05, 3.63) is 0 Å². The van der Waals surface area contributed by atoms with E-state index < -0.39 is 30.5 Å². The van der Waals surface area contributed by atoms with E-state index in [1.165, 1.54) is 7.11 Å². The Balaban J connectivity index is 2.65. The first-order valence-corrected chi connectivity index (χ1v) is 5.07. The number of ether oxygens (including phenoxy) is 1. The molecule has 1 heterocycles. The Kier molecular flexibility index (Phi) is 4.17. The van der Waals surface area contributed by atoms with Crippen molar-refractivity contribution >= 4 is 5.91 Å². The van der Waals surface area contributed by atoms with Gasteiger partial charge in [0.25, 0.3) is 5.92 Å². The highest BCUT2D eigenvalue weighted by Gasteiger charge is 2.46. The molecule has 94 valence electrons. The lowest BCUT2D eigenvalue weighted by Gasteiger charge is -2.38. The SMILES string of the molecule is CO[C@H]1CCN(C(=O)C(N)CN)CC1(F)F. The standard InChI is InChI=1S/C9H17F2N3O2/c1-16-7-2-3-14(5-9(7,10)11)8(15)6(13)4-12/h6-7H,2-5,12-13H2,1H3/t6?,7-/m0/s1. The third-order valence-electron chi connectivity index (χ3n) is 2.70. The molecule has 5 nitrogen and oxygen atoms in total. The molecule has 1 unspecified atom stereocenters. The van der Waals surface area contributed by atoms with Gasteiger partial charge in [0.15, 0.2) is 0 Å². The summed E-state index contributed by atoms with van der Waals surface area (Å²) in [7, 11) is 1.24. The fraction of sp³-hybridized carbons (Fsp3) is 0.889. The summed E-state index contributed by atoms with van der Waals surface area (Å²) in [5.41, 5.74) is 10.6. The molecule has 2 atom stereocenters. The highest BCUT2D eigenvalue weighted by molar-refractivity contribution is 5.82. The Hall–Kier alpha value is -0.790. The van der Waals surface area contributed by atoms with E-state index in [9.17, 15) is 13.6 Å². The fourth-order valence-corrected chi connectivity index (χ4v) is 1.73. The van der Waals surface area contributed by atoms with Gasteiger partial charge in [-0.05, 0) is 6.42 Å². The summed E-state index contributed by atoms with van der Waals surface area (Å²) >= 11 is 0. The molecule has 0 aromatic rings. The van der Waals surface area contributed by atoms with Crippen LogP contribution in [0.1, 0.15) is 6.42 Å². The average molecular weight is 237 g/mol. The predicted molar refractivity (Wildman–Crippen MR) is 54.0 cm³/mol. The predicted octanol–water partition coefficient (Wildman–Crippen LogP) is -0.845. The lowest BCUT2D eigenvalue weighted by molar-refractivity contribution is -0.173. The van der Waals surface area contributed by atoms with Crippen LogP contribution in [0.4, 0.5) is 8.78 Å². The van der Waals surface area contributed by atoms with Crippen molar-refractivity contribution in [2.45, 2.75) is 24.5 Å². The lowest BCUT2D eigenvalue weighted by atomic mass is 10.0. The number of piperidine rings is 1. The molecule has 0 aromatic heterocycles. The second-order valence-corrected chi connectivity index (χ2v) is 3.88. The van der Waals surface area contributed by atoms with Gasteiger partial charge in [-0.15, -0.1) is 0 Å². The zero-order valence-electron chi connectivity index (χ0n) is 9.16. The summed E-state index contributed by atoms with van der Waals surface area (Å²) in [5, 5.41) is 0. The fourth-order valence-electron chi connectivity index (χ4n) is 1.73. The van der Waals surface area contributed by atoms with Crippen molar-refractivity contribution < 1.29 is 18.3 Å². The van der Waals surface area contributed by atoms with Crippen LogP contribution in [0.3, 0.4) is 0 Å². The molecular formula is C9H17F2N3O2. The minimum absolute atomic E-state index is 0.0470. The van der Waals surface area contributed by atoms with Crippen molar-refractivity contribution in [2.75, 3.05) is 26.7 Å². The van der Waals surface area contributed by atoms with Crippen LogP contribution in [-0.4, -0.2) is 55.6 Å². The molecule has 0 aliphatic carbocycles. The molecule has 7 heteroatoms. The molecule has 1 aliphatic rings. The average Bonchev–Trinajstić information content (AvgIpc) is 2.25. The van der Waals surface area contributed by atoms with E-state index in [-0.39, 0.29) is 19.5 Å². The van der Waals surface area contributed by atoms with Gasteiger partial charge < -0.3 is 21.1 Å². The Morgan fingerprint density at radius 2 is 2.31 bits per heavy atom. The number of rotatable bonds is 3. The van der Waals surface area contributed by atoms with E-state index in [2.05, 4.69) is 4.74 Å². The summed E-state index contributed by atoms with van der Waals surface area (Å²) in [6, 6.07) is -0.908. The third-order valence-corrected chi connectivity index (χ3v) is 2.70. The summed E-state index contributed by atoms with van der Waals surface area (Å²) in [5.74, 6) is -3.56. The van der Waals surface area contributed by atoms with E-state index in [1.54, 1.807) is 0 Å². The number of nitrogens with zero attached hydrogens (tertiary/aromatic N) is 1. The van der Waals surface area contributed by atoms with Crippen LogP contribution in [0.2, 0.25) is 0 Å². The molecule has 4 N–H and O–H groups in total. The van der Waals surface area contributed by atoms with E-state index in [0.29, 0.717) is 0 Å². The van der Waals surface area contributed by atoms with Gasteiger partial charge in [-0.1, -0.05) is 0 Å². The molecule has 0 spiro atoms. The number of nitrogens with two attached hydrogens (primary N) is 2. The van der Waals surface area contributed by atoms with Crippen LogP contribution >= 0.6 is 0 Å². The zero-order valence-corrected chi connectivity index (χ0v) is 9.16. The molecule has 0 aromatic carbocycles. The topological polar surface area (TPSA) is 81.6 Å². The Morgan fingerprint density at radius 3 is 2.75 bits per heavy atom. The molecule has 1 saturated heterocycles. The molecule has 1 fully saturated rings. The molecule has 16 heavy (non-hydrogen) atoms. The Bertz CT molecular complexity index is 263. The van der Waals surface area contributed by atoms with Crippen LogP contribution in [-0.2, 0) is 9.53 Å². The number of carbonyl (C=O) groups is 1. The van der Waals surface area contributed by atoms with Crippen LogP contribution in [0.25, 0.3) is 0 Å². The van der Waals surface area contributed by atoms with Crippen LogP contribution in [0, 0.1) is 0 Å². The molecule has 1 amide bonds. The maximum Gasteiger partial charge on any atom is 0.290 e. The third kappa shape index (κ3) is 2.66. The number of halogens is 2. The Morgan fingerprint density at radius 1 is 1.69 bits per heavy atom. The van der Waals surface area contributed by atoms with Crippen molar-refractivity contribution in [2.24, 2.45) is 11.5 Å². The number of hydrogen-bond acceptors (Lipinski definition) is 4. The summed E-state index contributed by atoms with van der Waals surface area (Å²) in [4.78, 5) is 12.6. The van der Waals surface area contributed by atoms with Crippen LogP contribution in [0.5, 0.6) is 0 Å². The first-order chi connectivity index (χ1) is 7.42. The minimum Gasteiger partial charge on any atom is -0.375 e. The molecular weight excluding hydrogens is 220 g/mol. The smallest absolute Gasteiger partial charge is 0.290 e. The monoisotopic (exact) mass is 237 g/mol. The van der Waals surface area contributed by atoms with E-state index in [1.807, 2.05) is 0 Å². The van der Waals surface area contributed by atoms with Crippen molar-refractivity contribution in [3.63, 3.8) is 0 Å². The minimum atomic E-state index is -3.03. The number of amides is 1. The Labute approximate surface area is 92.7 Å². The second kappa shape index (κ2) is 5.03. The first kappa shape index (κ1) is 13.3. The van der Waals surface area contributed by atoms with Gasteiger partial charge in [-0.3, -0.25) is 4.79 Å². The summed E-state index contributed by atoms with van der Waals surface area (Å²) in [6.45, 7) is -0.479. The van der Waals surface area contributed by atoms with Gasteiger partial charge in [0.05, 0.1) is 12.6 Å². The molecule has 0 bridgehead atoms. The van der Waals surface area contributed by atoms with E-state index >= 15 is 0 Å². The number of alkyl halides is 2. The maximum atomic E-state index is 13.5. The van der Waals surface area contributed by atoms with Gasteiger partial charge in [0.2, 0.25) is 5.91 Å². The second-order valence-electron chi connectivity index (χ2n) is 3.88. The zero-order chi connectivity index (χ0) is 12.3. The van der Waals surface area contributed by atoms with Gasteiger partial charge in [-0.2, -0.15) is 0 Å². The van der Waals surface area contributed by atoms with Crippen LogP contribution < -0.4 is 11.5 Å². The molecule has 0 saturated carbocycles. The quantitative estimate of drug-likeness (QED) is 0.670. The highest BCUT2D eigenvalue weighted by atomic mass is 19.3. The normalized spacial score (nSPS) is 26.6. The summed E-state index contributed by atoms with van der Waals surface area (Å²) in [6.07, 6.45) is -1.03. The van der Waals surface area contributed by atoms with Crippen molar-refractivity contribution in [1.29, 1.82) is 0 Å². The van der Waals surface area contributed by atoms with E-state index in [0.717, 1.165) is 4.90 Å². The number of likely N-dealkylation sites (tertiary alicyclic amines) is 1.